The number of aryl methyl sites for hydroxylation is 3. The van der Waals surface area contributed by atoms with E-state index in [1.165, 1.54) is 9.47 Å². The molecule has 0 aliphatic carbocycles. The van der Waals surface area contributed by atoms with E-state index in [2.05, 4.69) is 15.1 Å². The van der Waals surface area contributed by atoms with Crippen LogP contribution in [0.15, 0.2) is 46.0 Å². The van der Waals surface area contributed by atoms with Gasteiger partial charge in [0.25, 0.3) is 5.56 Å². The van der Waals surface area contributed by atoms with Gasteiger partial charge in [0.15, 0.2) is 11.3 Å². The third-order valence-electron chi connectivity index (χ3n) is 6.16. The number of H-pyrrole nitrogens is 1. The number of nitrogen functional groups attached to an aromatic ring is 1. The molecular weight excluding hydrogens is 446 g/mol. The SMILES string of the molecule is CCN(C(=O)CCc1c(C)nc2cc(C)nn2c1C)c1c(N)n(Cc2ccccc2)c(=O)[nH]c1=O. The Bertz CT molecular complexity index is 1520. The molecule has 0 bridgehead atoms. The van der Waals surface area contributed by atoms with Gasteiger partial charge in [0.1, 0.15) is 5.82 Å². The van der Waals surface area contributed by atoms with Crippen molar-refractivity contribution in [1.29, 1.82) is 0 Å². The summed E-state index contributed by atoms with van der Waals surface area (Å²) in [7, 11) is 0. The van der Waals surface area contributed by atoms with Crippen LogP contribution < -0.4 is 21.9 Å². The molecule has 35 heavy (non-hydrogen) atoms. The highest BCUT2D eigenvalue weighted by Crippen LogP contribution is 2.21. The summed E-state index contributed by atoms with van der Waals surface area (Å²) in [6.45, 7) is 7.94. The fraction of sp³-hybridized carbons (Fsp3) is 0.320. The molecule has 0 aliphatic rings. The predicted molar refractivity (Wildman–Crippen MR) is 135 cm³/mol. The van der Waals surface area contributed by atoms with E-state index in [1.54, 1.807) is 11.4 Å². The van der Waals surface area contributed by atoms with E-state index in [0.717, 1.165) is 33.9 Å². The molecule has 1 amide bonds. The second kappa shape index (κ2) is 9.57. The Morgan fingerprint density at radius 2 is 1.86 bits per heavy atom. The Morgan fingerprint density at radius 1 is 1.14 bits per heavy atom. The molecule has 0 unspecified atom stereocenters. The molecule has 3 aromatic heterocycles. The van der Waals surface area contributed by atoms with Crippen LogP contribution in [0.4, 0.5) is 11.5 Å². The Labute approximate surface area is 202 Å². The number of rotatable bonds is 7. The molecule has 3 heterocycles. The summed E-state index contributed by atoms with van der Waals surface area (Å²) in [6, 6.07) is 11.2. The molecule has 0 aliphatic heterocycles. The number of nitrogens with zero attached hydrogens (tertiary/aromatic N) is 5. The molecule has 0 atom stereocenters. The zero-order valence-electron chi connectivity index (χ0n) is 20.3. The normalized spacial score (nSPS) is 11.2. The van der Waals surface area contributed by atoms with Crippen molar-refractivity contribution in [3.8, 4) is 0 Å². The smallest absolute Gasteiger partial charge is 0.330 e. The van der Waals surface area contributed by atoms with E-state index in [9.17, 15) is 14.4 Å². The lowest BCUT2D eigenvalue weighted by Crippen LogP contribution is -2.41. The highest BCUT2D eigenvalue weighted by molar-refractivity contribution is 5.95. The minimum absolute atomic E-state index is 0.0160. The highest BCUT2D eigenvalue weighted by atomic mass is 16.2. The largest absolute Gasteiger partial charge is 0.383 e. The molecule has 4 aromatic rings. The average Bonchev–Trinajstić information content (AvgIpc) is 3.20. The number of carbonyl (C=O) groups is 1. The minimum Gasteiger partial charge on any atom is -0.383 e. The number of aromatic amines is 1. The number of aromatic nitrogens is 5. The molecule has 4 rings (SSSR count). The van der Waals surface area contributed by atoms with Crippen LogP contribution in [-0.2, 0) is 17.8 Å². The Morgan fingerprint density at radius 3 is 2.54 bits per heavy atom. The number of amides is 1. The van der Waals surface area contributed by atoms with E-state index < -0.39 is 11.2 Å². The summed E-state index contributed by atoms with van der Waals surface area (Å²) >= 11 is 0. The van der Waals surface area contributed by atoms with Crippen LogP contribution in [0.1, 0.15) is 41.6 Å². The summed E-state index contributed by atoms with van der Waals surface area (Å²) < 4.78 is 3.05. The Kier molecular flexibility index (Phi) is 6.54. The molecule has 0 radical (unpaired) electrons. The maximum Gasteiger partial charge on any atom is 0.330 e. The van der Waals surface area contributed by atoms with Gasteiger partial charge in [0.2, 0.25) is 5.91 Å². The topological polar surface area (TPSA) is 131 Å². The molecule has 10 heteroatoms. The summed E-state index contributed by atoms with van der Waals surface area (Å²) in [5.74, 6) is -0.314. The number of nitrogens with two attached hydrogens (primary N) is 1. The zero-order valence-corrected chi connectivity index (χ0v) is 20.3. The van der Waals surface area contributed by atoms with E-state index in [-0.39, 0.29) is 36.9 Å². The van der Waals surface area contributed by atoms with Crippen molar-refractivity contribution in [3.05, 3.63) is 85.4 Å². The first-order valence-electron chi connectivity index (χ1n) is 11.5. The quantitative estimate of drug-likeness (QED) is 0.421. The van der Waals surface area contributed by atoms with Gasteiger partial charge in [-0.15, -0.1) is 0 Å². The van der Waals surface area contributed by atoms with Crippen LogP contribution in [0, 0.1) is 20.8 Å². The molecule has 3 N–H and O–H groups in total. The zero-order chi connectivity index (χ0) is 25.3. The Balaban J connectivity index is 1.63. The van der Waals surface area contributed by atoms with Gasteiger partial charge in [0, 0.05) is 30.4 Å². The van der Waals surface area contributed by atoms with E-state index in [1.807, 2.05) is 57.2 Å². The van der Waals surface area contributed by atoms with Crippen molar-refractivity contribution < 1.29 is 4.79 Å². The van der Waals surface area contributed by atoms with E-state index in [0.29, 0.717) is 6.42 Å². The number of hydrogen-bond donors (Lipinski definition) is 2. The summed E-state index contributed by atoms with van der Waals surface area (Å²) in [5, 5.41) is 4.48. The number of hydrogen-bond acceptors (Lipinski definition) is 6. The molecular formula is C25H29N7O3. The van der Waals surface area contributed by atoms with Crippen LogP contribution in [0.5, 0.6) is 0 Å². The summed E-state index contributed by atoms with van der Waals surface area (Å²) in [5.41, 5.74) is 10.1. The molecule has 0 fully saturated rings. The van der Waals surface area contributed by atoms with Gasteiger partial charge in [-0.2, -0.15) is 5.10 Å². The molecule has 1 aromatic carbocycles. The van der Waals surface area contributed by atoms with Gasteiger partial charge < -0.3 is 10.6 Å². The van der Waals surface area contributed by atoms with Gasteiger partial charge in [-0.05, 0) is 45.2 Å². The maximum atomic E-state index is 13.3. The third kappa shape index (κ3) is 4.59. The van der Waals surface area contributed by atoms with Crippen LogP contribution in [-0.4, -0.2) is 36.6 Å². The lowest BCUT2D eigenvalue weighted by Gasteiger charge is -2.23. The van der Waals surface area contributed by atoms with Gasteiger partial charge in [-0.25, -0.2) is 14.3 Å². The highest BCUT2D eigenvalue weighted by Gasteiger charge is 2.23. The number of nitrogens with one attached hydrogen (secondary N) is 1. The molecule has 0 saturated carbocycles. The van der Waals surface area contributed by atoms with Gasteiger partial charge >= 0.3 is 5.69 Å². The Hall–Kier alpha value is -4.21. The lowest BCUT2D eigenvalue weighted by atomic mass is 10.1. The monoisotopic (exact) mass is 475 g/mol. The standard InChI is InChI=1S/C25H29N7O3/c1-5-30(21(33)12-11-19-16(3)27-20-13-15(2)29-32(20)17(19)4)22-23(26)31(25(35)28-24(22)34)14-18-9-7-6-8-10-18/h6-10,13H,5,11-12,14,26H2,1-4H3,(H,28,34,35). The van der Waals surface area contributed by atoms with E-state index in [4.69, 9.17) is 5.73 Å². The van der Waals surface area contributed by atoms with Gasteiger partial charge in [0.05, 0.1) is 12.2 Å². The molecule has 10 nitrogen and oxygen atoms in total. The second-order valence-electron chi connectivity index (χ2n) is 8.52. The summed E-state index contributed by atoms with van der Waals surface area (Å²) in [6.07, 6.45) is 0.565. The van der Waals surface area contributed by atoms with Crippen molar-refractivity contribution in [1.82, 2.24) is 24.1 Å². The fourth-order valence-electron chi connectivity index (χ4n) is 4.39. The van der Waals surface area contributed by atoms with Crippen LogP contribution >= 0.6 is 0 Å². The van der Waals surface area contributed by atoms with Crippen molar-refractivity contribution in [2.45, 2.75) is 47.1 Å². The van der Waals surface area contributed by atoms with Crippen LogP contribution in [0.2, 0.25) is 0 Å². The number of benzene rings is 1. The number of fused-ring (bicyclic) bond motifs is 1. The first-order chi connectivity index (χ1) is 16.7. The number of carbonyl (C=O) groups excluding carboxylic acids is 1. The first kappa shape index (κ1) is 23.9. The minimum atomic E-state index is -0.686. The van der Waals surface area contributed by atoms with Crippen molar-refractivity contribution >= 4 is 23.1 Å². The molecule has 182 valence electrons. The molecule has 0 spiro atoms. The maximum absolute atomic E-state index is 13.3. The van der Waals surface area contributed by atoms with E-state index >= 15 is 0 Å². The second-order valence-corrected chi connectivity index (χ2v) is 8.52. The van der Waals surface area contributed by atoms with Gasteiger partial charge in [-0.1, -0.05) is 30.3 Å². The van der Waals surface area contributed by atoms with Crippen LogP contribution in [0.25, 0.3) is 5.65 Å². The number of anilines is 2. The average molecular weight is 476 g/mol. The fourth-order valence-corrected chi connectivity index (χ4v) is 4.39. The lowest BCUT2D eigenvalue weighted by molar-refractivity contribution is -0.118. The van der Waals surface area contributed by atoms with Gasteiger partial charge in [-0.3, -0.25) is 19.1 Å². The van der Waals surface area contributed by atoms with Crippen molar-refractivity contribution in [2.24, 2.45) is 0 Å². The summed E-state index contributed by atoms with van der Waals surface area (Å²) in [4.78, 5) is 46.8. The predicted octanol–water partition coefficient (Wildman–Crippen LogP) is 2.12. The first-order valence-corrected chi connectivity index (χ1v) is 11.5. The molecule has 0 saturated heterocycles. The van der Waals surface area contributed by atoms with Crippen LogP contribution in [0.3, 0.4) is 0 Å². The van der Waals surface area contributed by atoms with Crippen molar-refractivity contribution in [3.63, 3.8) is 0 Å². The van der Waals surface area contributed by atoms with Crippen molar-refractivity contribution in [2.75, 3.05) is 17.2 Å². The third-order valence-corrected chi connectivity index (χ3v) is 6.16.